The van der Waals surface area contributed by atoms with E-state index in [0.29, 0.717) is 0 Å². The van der Waals surface area contributed by atoms with Gasteiger partial charge in [0.05, 0.1) is 0 Å². The Balaban J connectivity index is 1.56. The number of rotatable bonds is 5. The van der Waals surface area contributed by atoms with Gasteiger partial charge in [-0.05, 0) is 49.2 Å². The molecule has 0 radical (unpaired) electrons. The number of likely N-dealkylation sites (tertiary alicyclic amines) is 1. The summed E-state index contributed by atoms with van der Waals surface area (Å²) in [6.45, 7) is 3.35. The van der Waals surface area contributed by atoms with Crippen molar-refractivity contribution < 1.29 is 4.79 Å². The van der Waals surface area contributed by atoms with Crippen LogP contribution >= 0.6 is 0 Å². The van der Waals surface area contributed by atoms with Crippen LogP contribution in [0.25, 0.3) is 0 Å². The lowest BCUT2D eigenvalue weighted by Gasteiger charge is -2.20. The Morgan fingerprint density at radius 3 is 2.24 bits per heavy atom. The van der Waals surface area contributed by atoms with E-state index in [9.17, 15) is 4.79 Å². The Morgan fingerprint density at radius 2 is 1.60 bits per heavy atom. The smallest absolute Gasteiger partial charge is 0.245 e. The normalized spacial score (nSPS) is 16.8. The zero-order valence-electron chi connectivity index (χ0n) is 14.7. The minimum atomic E-state index is -0.655. The van der Waals surface area contributed by atoms with Crippen LogP contribution in [0, 0.1) is 0 Å². The Labute approximate surface area is 150 Å². The van der Waals surface area contributed by atoms with Crippen LogP contribution in [-0.4, -0.2) is 23.9 Å². The van der Waals surface area contributed by atoms with Gasteiger partial charge in [0.2, 0.25) is 5.91 Å². The molecule has 1 aliphatic heterocycles. The minimum Gasteiger partial charge on any atom is -0.324 e. The molecule has 3 N–H and O–H groups in total. The van der Waals surface area contributed by atoms with Crippen LogP contribution < -0.4 is 11.1 Å². The van der Waals surface area contributed by atoms with Crippen LogP contribution in [0.5, 0.6) is 0 Å². The van der Waals surface area contributed by atoms with Crippen LogP contribution in [0.2, 0.25) is 0 Å². The van der Waals surface area contributed by atoms with Crippen LogP contribution in [0.4, 0.5) is 5.69 Å². The van der Waals surface area contributed by atoms with Gasteiger partial charge in [-0.1, -0.05) is 55.3 Å². The fourth-order valence-corrected chi connectivity index (χ4v) is 3.28. The summed E-state index contributed by atoms with van der Waals surface area (Å²) in [5.74, 6) is -0.188. The average Bonchev–Trinajstić information content (AvgIpc) is 2.92. The SMILES string of the molecule is NC(C(=O)Nc1ccc(CN2CCCCCC2)cc1)c1ccccc1. The van der Waals surface area contributed by atoms with Gasteiger partial charge in [0.25, 0.3) is 0 Å². The number of benzene rings is 2. The summed E-state index contributed by atoms with van der Waals surface area (Å²) in [5, 5.41) is 2.90. The number of anilines is 1. The third-order valence-electron chi connectivity index (χ3n) is 4.77. The van der Waals surface area contributed by atoms with Crippen LogP contribution in [0.3, 0.4) is 0 Å². The summed E-state index contributed by atoms with van der Waals surface area (Å²) in [6.07, 6.45) is 5.29. The second-order valence-electron chi connectivity index (χ2n) is 6.76. The molecule has 1 aliphatic rings. The monoisotopic (exact) mass is 337 g/mol. The highest BCUT2D eigenvalue weighted by Gasteiger charge is 2.15. The molecule has 0 saturated carbocycles. The highest BCUT2D eigenvalue weighted by atomic mass is 16.2. The maximum absolute atomic E-state index is 12.3. The molecule has 4 heteroatoms. The van der Waals surface area contributed by atoms with Crippen LogP contribution in [0.1, 0.15) is 42.9 Å². The van der Waals surface area contributed by atoms with Gasteiger partial charge < -0.3 is 11.1 Å². The zero-order chi connectivity index (χ0) is 17.5. The second-order valence-corrected chi connectivity index (χ2v) is 6.76. The summed E-state index contributed by atoms with van der Waals surface area (Å²) in [7, 11) is 0. The second kappa shape index (κ2) is 8.79. The highest BCUT2D eigenvalue weighted by molar-refractivity contribution is 5.95. The fraction of sp³-hybridized carbons (Fsp3) is 0.381. The molecule has 1 saturated heterocycles. The minimum absolute atomic E-state index is 0.188. The molecule has 1 heterocycles. The van der Waals surface area contributed by atoms with E-state index in [0.717, 1.165) is 17.8 Å². The van der Waals surface area contributed by atoms with E-state index in [1.807, 2.05) is 42.5 Å². The number of carbonyl (C=O) groups excluding carboxylic acids is 1. The molecule has 0 spiro atoms. The maximum atomic E-state index is 12.3. The molecule has 1 atom stereocenters. The van der Waals surface area contributed by atoms with Crippen LogP contribution in [0.15, 0.2) is 54.6 Å². The molecule has 2 aromatic carbocycles. The summed E-state index contributed by atoms with van der Waals surface area (Å²) in [6, 6.07) is 16.9. The van der Waals surface area contributed by atoms with Gasteiger partial charge >= 0.3 is 0 Å². The molecular weight excluding hydrogens is 310 g/mol. The average molecular weight is 337 g/mol. The van der Waals surface area contributed by atoms with E-state index in [2.05, 4.69) is 22.3 Å². The first-order valence-electron chi connectivity index (χ1n) is 9.15. The first kappa shape index (κ1) is 17.6. The Bertz CT molecular complexity index is 661. The lowest BCUT2D eigenvalue weighted by molar-refractivity contribution is -0.117. The summed E-state index contributed by atoms with van der Waals surface area (Å²) >= 11 is 0. The van der Waals surface area contributed by atoms with Crippen LogP contribution in [-0.2, 0) is 11.3 Å². The van der Waals surface area contributed by atoms with E-state index in [1.54, 1.807) is 0 Å². The van der Waals surface area contributed by atoms with Crippen molar-refractivity contribution in [3.05, 3.63) is 65.7 Å². The van der Waals surface area contributed by atoms with Crippen molar-refractivity contribution in [2.75, 3.05) is 18.4 Å². The Hall–Kier alpha value is -2.17. The third-order valence-corrected chi connectivity index (χ3v) is 4.77. The molecule has 1 unspecified atom stereocenters. The number of nitrogens with zero attached hydrogens (tertiary/aromatic N) is 1. The molecule has 3 rings (SSSR count). The lowest BCUT2D eigenvalue weighted by Crippen LogP contribution is -2.27. The maximum Gasteiger partial charge on any atom is 0.245 e. The summed E-state index contributed by atoms with van der Waals surface area (Å²) in [4.78, 5) is 14.8. The molecular formula is C21H27N3O. The van der Waals surface area contributed by atoms with Crippen molar-refractivity contribution in [1.29, 1.82) is 0 Å². The Morgan fingerprint density at radius 1 is 0.960 bits per heavy atom. The van der Waals surface area contributed by atoms with Crippen molar-refractivity contribution in [2.24, 2.45) is 5.73 Å². The van der Waals surface area contributed by atoms with Crippen molar-refractivity contribution in [3.8, 4) is 0 Å². The van der Waals surface area contributed by atoms with Crippen molar-refractivity contribution >= 4 is 11.6 Å². The number of amides is 1. The molecule has 0 aliphatic carbocycles. The molecule has 25 heavy (non-hydrogen) atoms. The molecule has 0 aromatic heterocycles. The van der Waals surface area contributed by atoms with Gasteiger partial charge in [-0.15, -0.1) is 0 Å². The summed E-state index contributed by atoms with van der Waals surface area (Å²) in [5.41, 5.74) is 8.93. The third kappa shape index (κ3) is 5.15. The molecule has 0 bridgehead atoms. The van der Waals surface area contributed by atoms with Gasteiger partial charge in [0.1, 0.15) is 6.04 Å². The van der Waals surface area contributed by atoms with Gasteiger partial charge in [0.15, 0.2) is 0 Å². The van der Waals surface area contributed by atoms with Crippen molar-refractivity contribution in [3.63, 3.8) is 0 Å². The van der Waals surface area contributed by atoms with Crippen molar-refractivity contribution in [2.45, 2.75) is 38.3 Å². The molecule has 132 valence electrons. The molecule has 2 aromatic rings. The van der Waals surface area contributed by atoms with E-state index in [1.165, 1.54) is 44.3 Å². The first-order valence-corrected chi connectivity index (χ1v) is 9.15. The number of carbonyl (C=O) groups is 1. The Kier molecular flexibility index (Phi) is 6.20. The summed E-state index contributed by atoms with van der Waals surface area (Å²) < 4.78 is 0. The van der Waals surface area contributed by atoms with E-state index >= 15 is 0 Å². The molecule has 1 fully saturated rings. The van der Waals surface area contributed by atoms with Gasteiger partial charge in [-0.2, -0.15) is 0 Å². The van der Waals surface area contributed by atoms with Gasteiger partial charge in [0, 0.05) is 12.2 Å². The molecule has 4 nitrogen and oxygen atoms in total. The predicted octanol–water partition coefficient (Wildman–Crippen LogP) is 3.70. The number of nitrogens with two attached hydrogens (primary N) is 1. The quantitative estimate of drug-likeness (QED) is 0.874. The lowest BCUT2D eigenvalue weighted by atomic mass is 10.1. The van der Waals surface area contributed by atoms with Crippen molar-refractivity contribution in [1.82, 2.24) is 4.90 Å². The number of hydrogen-bond acceptors (Lipinski definition) is 3. The number of nitrogens with one attached hydrogen (secondary N) is 1. The topological polar surface area (TPSA) is 58.4 Å². The molecule has 1 amide bonds. The zero-order valence-corrected chi connectivity index (χ0v) is 14.7. The standard InChI is InChI=1S/C21H27N3O/c22-20(18-8-4-3-5-9-18)21(25)23-19-12-10-17(11-13-19)16-24-14-6-1-2-7-15-24/h3-5,8-13,20H,1-2,6-7,14-16,22H2,(H,23,25). The highest BCUT2D eigenvalue weighted by Crippen LogP contribution is 2.17. The van der Waals surface area contributed by atoms with E-state index < -0.39 is 6.04 Å². The van der Waals surface area contributed by atoms with E-state index in [-0.39, 0.29) is 5.91 Å². The largest absolute Gasteiger partial charge is 0.324 e. The predicted molar refractivity (Wildman–Crippen MR) is 102 cm³/mol. The number of hydrogen-bond donors (Lipinski definition) is 2. The van der Waals surface area contributed by atoms with Gasteiger partial charge in [-0.3, -0.25) is 9.69 Å². The fourth-order valence-electron chi connectivity index (χ4n) is 3.28. The van der Waals surface area contributed by atoms with E-state index in [4.69, 9.17) is 5.73 Å². The first-order chi connectivity index (χ1) is 12.2. The van der Waals surface area contributed by atoms with Gasteiger partial charge in [-0.25, -0.2) is 0 Å².